The standard InChI is InChI=1S/C18H17N3O2/c1-13-7-6-8-14(11-13)12-19-21-16(22)18(2,20-17(21)23)15-9-4-3-5-10-15/h3-12H,1-2H3,(H,20,23)/b19-12-/t18-/m0/s1. The van der Waals surface area contributed by atoms with Crippen LogP contribution in [0.4, 0.5) is 4.79 Å². The molecule has 2 aromatic carbocycles. The number of amides is 3. The molecule has 1 N–H and O–H groups in total. The van der Waals surface area contributed by atoms with Crippen LogP contribution in [0.3, 0.4) is 0 Å². The van der Waals surface area contributed by atoms with Crippen molar-refractivity contribution in [2.45, 2.75) is 19.4 Å². The Morgan fingerprint density at radius 3 is 2.52 bits per heavy atom. The molecule has 2 aromatic rings. The Labute approximate surface area is 134 Å². The number of carbonyl (C=O) groups excluding carboxylic acids is 2. The van der Waals surface area contributed by atoms with E-state index in [0.717, 1.165) is 21.7 Å². The minimum Gasteiger partial charge on any atom is -0.318 e. The van der Waals surface area contributed by atoms with Gasteiger partial charge in [0.1, 0.15) is 5.54 Å². The Hall–Kier alpha value is -2.95. The highest BCUT2D eigenvalue weighted by molar-refractivity contribution is 6.07. The smallest absolute Gasteiger partial charge is 0.318 e. The van der Waals surface area contributed by atoms with Crippen molar-refractivity contribution in [1.29, 1.82) is 0 Å². The third kappa shape index (κ3) is 2.73. The maximum Gasteiger partial charge on any atom is 0.346 e. The number of aryl methyl sites for hydroxylation is 1. The Morgan fingerprint density at radius 1 is 1.09 bits per heavy atom. The van der Waals surface area contributed by atoms with E-state index in [9.17, 15) is 9.59 Å². The van der Waals surface area contributed by atoms with Gasteiger partial charge in [-0.2, -0.15) is 5.10 Å². The molecule has 3 amide bonds. The van der Waals surface area contributed by atoms with Gasteiger partial charge in [-0.3, -0.25) is 4.79 Å². The van der Waals surface area contributed by atoms with Crippen molar-refractivity contribution in [3.05, 3.63) is 71.3 Å². The molecule has 116 valence electrons. The van der Waals surface area contributed by atoms with E-state index in [0.29, 0.717) is 0 Å². The second-order valence-corrected chi connectivity index (χ2v) is 5.70. The number of imide groups is 1. The molecule has 23 heavy (non-hydrogen) atoms. The zero-order valence-electron chi connectivity index (χ0n) is 13.0. The van der Waals surface area contributed by atoms with E-state index in [1.54, 1.807) is 6.92 Å². The summed E-state index contributed by atoms with van der Waals surface area (Å²) in [4.78, 5) is 24.8. The molecule has 0 aromatic heterocycles. The minimum absolute atomic E-state index is 0.391. The van der Waals surface area contributed by atoms with Gasteiger partial charge in [0.15, 0.2) is 0 Å². The largest absolute Gasteiger partial charge is 0.346 e. The summed E-state index contributed by atoms with van der Waals surface area (Å²) in [5.41, 5.74) is 1.55. The molecule has 3 rings (SSSR count). The van der Waals surface area contributed by atoms with E-state index in [-0.39, 0.29) is 0 Å². The Morgan fingerprint density at radius 2 is 1.83 bits per heavy atom. The zero-order valence-corrected chi connectivity index (χ0v) is 13.0. The average Bonchev–Trinajstić information content (AvgIpc) is 2.77. The van der Waals surface area contributed by atoms with Gasteiger partial charge in [-0.1, -0.05) is 60.2 Å². The van der Waals surface area contributed by atoms with E-state index in [1.165, 1.54) is 6.21 Å². The van der Waals surface area contributed by atoms with E-state index in [2.05, 4.69) is 10.4 Å². The molecule has 1 aliphatic heterocycles. The van der Waals surface area contributed by atoms with Crippen molar-refractivity contribution in [3.63, 3.8) is 0 Å². The van der Waals surface area contributed by atoms with Crippen molar-refractivity contribution >= 4 is 18.2 Å². The molecular weight excluding hydrogens is 290 g/mol. The zero-order chi connectivity index (χ0) is 16.4. The molecular formula is C18H17N3O2. The number of hydrogen-bond donors (Lipinski definition) is 1. The first-order chi connectivity index (χ1) is 11.0. The molecule has 0 unspecified atom stereocenters. The third-order valence-corrected chi connectivity index (χ3v) is 3.88. The van der Waals surface area contributed by atoms with Gasteiger partial charge >= 0.3 is 6.03 Å². The first kappa shape index (κ1) is 15.0. The van der Waals surface area contributed by atoms with Crippen LogP contribution in [0.1, 0.15) is 23.6 Å². The normalized spacial score (nSPS) is 21.0. The van der Waals surface area contributed by atoms with Gasteiger partial charge in [0.05, 0.1) is 6.21 Å². The van der Waals surface area contributed by atoms with Crippen LogP contribution < -0.4 is 5.32 Å². The highest BCUT2D eigenvalue weighted by Gasteiger charge is 2.49. The number of carbonyl (C=O) groups is 2. The maximum atomic E-state index is 12.7. The summed E-state index contributed by atoms with van der Waals surface area (Å²) in [5, 5.41) is 7.67. The lowest BCUT2D eigenvalue weighted by Gasteiger charge is -2.20. The summed E-state index contributed by atoms with van der Waals surface area (Å²) < 4.78 is 0. The van der Waals surface area contributed by atoms with Gasteiger partial charge in [-0.25, -0.2) is 4.79 Å². The number of nitrogens with one attached hydrogen (secondary N) is 1. The quantitative estimate of drug-likeness (QED) is 0.700. The molecule has 0 aliphatic carbocycles. The topological polar surface area (TPSA) is 61.8 Å². The minimum atomic E-state index is -1.09. The van der Waals surface area contributed by atoms with Crippen molar-refractivity contribution in [2.24, 2.45) is 5.10 Å². The first-order valence-corrected chi connectivity index (χ1v) is 7.33. The van der Waals surface area contributed by atoms with Crippen LogP contribution in [0.5, 0.6) is 0 Å². The lowest BCUT2D eigenvalue weighted by Crippen LogP contribution is -2.40. The number of hydrogen-bond acceptors (Lipinski definition) is 3. The molecule has 1 saturated heterocycles. The molecule has 1 heterocycles. The first-order valence-electron chi connectivity index (χ1n) is 7.33. The van der Waals surface area contributed by atoms with E-state index in [4.69, 9.17) is 0 Å². The van der Waals surface area contributed by atoms with Gasteiger partial charge in [0, 0.05) is 0 Å². The van der Waals surface area contributed by atoms with Crippen LogP contribution in [0.15, 0.2) is 59.7 Å². The van der Waals surface area contributed by atoms with Crippen molar-refractivity contribution in [2.75, 3.05) is 0 Å². The molecule has 0 spiro atoms. The van der Waals surface area contributed by atoms with Gasteiger partial charge in [0.25, 0.3) is 5.91 Å². The molecule has 0 saturated carbocycles. The predicted octanol–water partition coefficient (Wildman–Crippen LogP) is 2.80. The van der Waals surface area contributed by atoms with Crippen LogP contribution in [-0.2, 0) is 10.3 Å². The molecule has 0 bridgehead atoms. The third-order valence-electron chi connectivity index (χ3n) is 3.88. The van der Waals surface area contributed by atoms with Gasteiger partial charge in [-0.15, -0.1) is 5.01 Å². The van der Waals surface area contributed by atoms with Crippen LogP contribution in [-0.4, -0.2) is 23.2 Å². The summed E-state index contributed by atoms with van der Waals surface area (Å²) >= 11 is 0. The molecule has 1 atom stereocenters. The summed E-state index contributed by atoms with van der Waals surface area (Å²) in [6.45, 7) is 3.66. The fraction of sp³-hybridized carbons (Fsp3) is 0.167. The van der Waals surface area contributed by atoms with Crippen molar-refractivity contribution in [1.82, 2.24) is 10.3 Å². The average molecular weight is 307 g/mol. The summed E-state index contributed by atoms with van der Waals surface area (Å²) in [5.74, 6) is -0.391. The molecule has 1 aliphatic rings. The Balaban J connectivity index is 1.87. The highest BCUT2D eigenvalue weighted by Crippen LogP contribution is 2.28. The van der Waals surface area contributed by atoms with E-state index < -0.39 is 17.5 Å². The van der Waals surface area contributed by atoms with Crippen molar-refractivity contribution < 1.29 is 9.59 Å². The van der Waals surface area contributed by atoms with Gasteiger partial charge in [-0.05, 0) is 25.0 Å². The predicted molar refractivity (Wildman–Crippen MR) is 87.9 cm³/mol. The summed E-state index contributed by atoms with van der Waals surface area (Å²) in [7, 11) is 0. The Kier molecular flexibility index (Phi) is 3.70. The lowest BCUT2D eigenvalue weighted by atomic mass is 9.92. The SMILES string of the molecule is Cc1cccc(/C=N\N2C(=O)N[C@@](C)(c3ccccc3)C2=O)c1. The number of hydrazone groups is 1. The molecule has 5 heteroatoms. The van der Waals surface area contributed by atoms with Gasteiger partial charge < -0.3 is 5.32 Å². The fourth-order valence-electron chi connectivity index (χ4n) is 2.57. The number of urea groups is 1. The second kappa shape index (κ2) is 5.68. The fourth-order valence-corrected chi connectivity index (χ4v) is 2.57. The Bertz CT molecular complexity index is 786. The van der Waals surface area contributed by atoms with Gasteiger partial charge in [0.2, 0.25) is 0 Å². The van der Waals surface area contributed by atoms with E-state index in [1.807, 2.05) is 61.5 Å². The maximum absolute atomic E-state index is 12.7. The number of rotatable bonds is 3. The van der Waals surface area contributed by atoms with Crippen LogP contribution in [0, 0.1) is 6.92 Å². The van der Waals surface area contributed by atoms with Crippen molar-refractivity contribution in [3.8, 4) is 0 Å². The van der Waals surface area contributed by atoms with Crippen LogP contribution >= 0.6 is 0 Å². The molecule has 1 fully saturated rings. The van der Waals surface area contributed by atoms with E-state index >= 15 is 0 Å². The number of nitrogens with zero attached hydrogens (tertiary/aromatic N) is 2. The van der Waals surface area contributed by atoms with Crippen LogP contribution in [0.25, 0.3) is 0 Å². The number of benzene rings is 2. The van der Waals surface area contributed by atoms with Crippen LogP contribution in [0.2, 0.25) is 0 Å². The highest BCUT2D eigenvalue weighted by atomic mass is 16.2. The molecule has 5 nitrogen and oxygen atoms in total. The summed E-state index contributed by atoms with van der Waals surface area (Å²) in [6, 6.07) is 16.3. The lowest BCUT2D eigenvalue weighted by molar-refractivity contribution is -0.131. The summed E-state index contributed by atoms with van der Waals surface area (Å²) in [6.07, 6.45) is 1.52. The molecule has 0 radical (unpaired) electrons. The second-order valence-electron chi connectivity index (χ2n) is 5.70. The monoisotopic (exact) mass is 307 g/mol.